The highest BCUT2D eigenvalue weighted by atomic mass is 35.5. The van der Waals surface area contributed by atoms with Crippen molar-refractivity contribution in [1.29, 1.82) is 0 Å². The van der Waals surface area contributed by atoms with Gasteiger partial charge in [0.2, 0.25) is 0 Å². The molecule has 1 heterocycles. The topological polar surface area (TPSA) is 29.9 Å². The summed E-state index contributed by atoms with van der Waals surface area (Å²) in [5.74, 6) is 0.736. The van der Waals surface area contributed by atoms with Gasteiger partial charge in [0, 0.05) is 13.1 Å². The van der Waals surface area contributed by atoms with Gasteiger partial charge in [-0.15, -0.1) is 0 Å². The fraction of sp³-hybridized carbons (Fsp3) is 0.769. The molecule has 98 valence electrons. The lowest BCUT2D eigenvalue weighted by atomic mass is 10.1. The van der Waals surface area contributed by atoms with Gasteiger partial charge >= 0.3 is 0 Å². The first-order chi connectivity index (χ1) is 8.10. The minimum absolute atomic E-state index is 0.736. The molecule has 17 heavy (non-hydrogen) atoms. The van der Waals surface area contributed by atoms with E-state index in [1.807, 2.05) is 4.68 Å². The predicted octanol–water partition coefficient (Wildman–Crippen LogP) is 3.25. The van der Waals surface area contributed by atoms with Crippen LogP contribution in [-0.2, 0) is 19.5 Å². The maximum Gasteiger partial charge on any atom is 0.0863 e. The number of rotatable bonds is 7. The van der Waals surface area contributed by atoms with E-state index in [1.165, 1.54) is 6.42 Å². The molecule has 0 atom stereocenters. The number of aromatic nitrogens is 2. The van der Waals surface area contributed by atoms with Crippen LogP contribution in [0.2, 0.25) is 5.02 Å². The summed E-state index contributed by atoms with van der Waals surface area (Å²) in [6.07, 6.45) is 2.09. The second-order valence-electron chi connectivity index (χ2n) is 4.74. The lowest BCUT2D eigenvalue weighted by Crippen LogP contribution is -2.19. The van der Waals surface area contributed by atoms with E-state index in [4.69, 9.17) is 11.6 Å². The van der Waals surface area contributed by atoms with Crippen molar-refractivity contribution in [3.8, 4) is 0 Å². The van der Waals surface area contributed by atoms with Gasteiger partial charge in [-0.05, 0) is 32.2 Å². The summed E-state index contributed by atoms with van der Waals surface area (Å²) in [4.78, 5) is 0. The summed E-state index contributed by atoms with van der Waals surface area (Å²) in [5, 5.41) is 8.79. The third-order valence-electron chi connectivity index (χ3n) is 2.89. The van der Waals surface area contributed by atoms with Gasteiger partial charge in [-0.3, -0.25) is 4.68 Å². The third kappa shape index (κ3) is 4.00. The lowest BCUT2D eigenvalue weighted by Gasteiger charge is -2.08. The van der Waals surface area contributed by atoms with Crippen LogP contribution >= 0.6 is 11.6 Å². The van der Waals surface area contributed by atoms with E-state index in [-0.39, 0.29) is 0 Å². The molecular formula is C13H24ClN3. The summed E-state index contributed by atoms with van der Waals surface area (Å²) >= 11 is 6.33. The fourth-order valence-corrected chi connectivity index (χ4v) is 2.12. The summed E-state index contributed by atoms with van der Waals surface area (Å²) < 4.78 is 2.00. The Morgan fingerprint density at radius 2 is 2.06 bits per heavy atom. The summed E-state index contributed by atoms with van der Waals surface area (Å²) in [7, 11) is 0. The van der Waals surface area contributed by atoms with Crippen LogP contribution in [0, 0.1) is 5.92 Å². The predicted molar refractivity (Wildman–Crippen MR) is 73.5 cm³/mol. The molecule has 1 aromatic rings. The SMILES string of the molecule is CCc1nn(CC)c(CNCCC(C)C)c1Cl. The molecule has 0 aliphatic rings. The molecular weight excluding hydrogens is 234 g/mol. The van der Waals surface area contributed by atoms with E-state index < -0.39 is 0 Å². The molecule has 1 N–H and O–H groups in total. The number of hydrogen-bond acceptors (Lipinski definition) is 2. The van der Waals surface area contributed by atoms with Crippen LogP contribution in [0.5, 0.6) is 0 Å². The van der Waals surface area contributed by atoms with Crippen molar-refractivity contribution < 1.29 is 0 Å². The Balaban J connectivity index is 2.59. The molecule has 0 spiro atoms. The summed E-state index contributed by atoms with van der Waals surface area (Å²) in [6.45, 7) is 11.4. The zero-order valence-corrected chi connectivity index (χ0v) is 12.1. The number of aryl methyl sites for hydroxylation is 2. The van der Waals surface area contributed by atoms with Gasteiger partial charge in [-0.25, -0.2) is 0 Å². The van der Waals surface area contributed by atoms with Crippen LogP contribution in [0.1, 0.15) is 45.5 Å². The van der Waals surface area contributed by atoms with Crippen LogP contribution in [0.25, 0.3) is 0 Å². The molecule has 1 aromatic heterocycles. The largest absolute Gasteiger partial charge is 0.311 e. The average Bonchev–Trinajstić information content (AvgIpc) is 2.61. The first kappa shape index (κ1) is 14.5. The van der Waals surface area contributed by atoms with E-state index in [2.05, 4.69) is 38.1 Å². The monoisotopic (exact) mass is 257 g/mol. The number of halogens is 1. The highest BCUT2D eigenvalue weighted by Crippen LogP contribution is 2.21. The molecule has 0 aromatic carbocycles. The number of nitrogens with zero attached hydrogens (tertiary/aromatic N) is 2. The lowest BCUT2D eigenvalue weighted by molar-refractivity contribution is 0.520. The Kier molecular flexibility index (Phi) is 6.00. The molecule has 0 saturated heterocycles. The maximum atomic E-state index is 6.33. The van der Waals surface area contributed by atoms with E-state index in [0.29, 0.717) is 0 Å². The van der Waals surface area contributed by atoms with Crippen LogP contribution in [-0.4, -0.2) is 16.3 Å². The van der Waals surface area contributed by atoms with Gasteiger partial charge in [0.15, 0.2) is 0 Å². The van der Waals surface area contributed by atoms with E-state index in [1.54, 1.807) is 0 Å². The van der Waals surface area contributed by atoms with Gasteiger partial charge in [0.1, 0.15) is 0 Å². The van der Waals surface area contributed by atoms with Gasteiger partial charge in [-0.1, -0.05) is 32.4 Å². The highest BCUT2D eigenvalue weighted by Gasteiger charge is 2.13. The summed E-state index contributed by atoms with van der Waals surface area (Å²) in [5.41, 5.74) is 2.13. The van der Waals surface area contributed by atoms with Crippen molar-refractivity contribution in [3.63, 3.8) is 0 Å². The van der Waals surface area contributed by atoms with Crippen molar-refractivity contribution >= 4 is 11.6 Å². The number of nitrogens with one attached hydrogen (secondary N) is 1. The van der Waals surface area contributed by atoms with Crippen LogP contribution in [0.4, 0.5) is 0 Å². The molecule has 4 heteroatoms. The third-order valence-corrected chi connectivity index (χ3v) is 3.32. The molecule has 0 aliphatic heterocycles. The van der Waals surface area contributed by atoms with E-state index in [9.17, 15) is 0 Å². The van der Waals surface area contributed by atoms with Gasteiger partial charge < -0.3 is 5.32 Å². The number of hydrogen-bond donors (Lipinski definition) is 1. The highest BCUT2D eigenvalue weighted by molar-refractivity contribution is 6.31. The minimum atomic E-state index is 0.736. The Morgan fingerprint density at radius 1 is 1.35 bits per heavy atom. The van der Waals surface area contributed by atoms with E-state index >= 15 is 0 Å². The molecule has 3 nitrogen and oxygen atoms in total. The Morgan fingerprint density at radius 3 is 2.59 bits per heavy atom. The molecule has 0 aliphatic carbocycles. The first-order valence-corrected chi connectivity index (χ1v) is 6.92. The van der Waals surface area contributed by atoms with Crippen LogP contribution < -0.4 is 5.32 Å². The molecule has 0 bridgehead atoms. The van der Waals surface area contributed by atoms with Gasteiger partial charge in [0.25, 0.3) is 0 Å². The van der Waals surface area contributed by atoms with Crippen molar-refractivity contribution in [3.05, 3.63) is 16.4 Å². The smallest absolute Gasteiger partial charge is 0.0863 e. The fourth-order valence-electron chi connectivity index (χ4n) is 1.78. The van der Waals surface area contributed by atoms with Crippen molar-refractivity contribution in [2.24, 2.45) is 5.92 Å². The second kappa shape index (κ2) is 7.02. The van der Waals surface area contributed by atoms with Gasteiger partial charge in [0.05, 0.1) is 16.4 Å². The first-order valence-electron chi connectivity index (χ1n) is 6.54. The zero-order chi connectivity index (χ0) is 12.8. The molecule has 1 rings (SSSR count). The quantitative estimate of drug-likeness (QED) is 0.760. The summed E-state index contributed by atoms with van der Waals surface area (Å²) in [6, 6.07) is 0. The molecule has 0 fully saturated rings. The van der Waals surface area contributed by atoms with E-state index in [0.717, 1.165) is 48.4 Å². The molecule has 0 amide bonds. The Hall–Kier alpha value is -0.540. The minimum Gasteiger partial charge on any atom is -0.311 e. The zero-order valence-electron chi connectivity index (χ0n) is 11.4. The average molecular weight is 258 g/mol. The Bertz CT molecular complexity index is 345. The van der Waals surface area contributed by atoms with Crippen LogP contribution in [0.3, 0.4) is 0 Å². The Labute approximate surface area is 110 Å². The van der Waals surface area contributed by atoms with Crippen molar-refractivity contribution in [2.45, 2.75) is 53.6 Å². The normalized spacial score (nSPS) is 11.4. The molecule has 0 saturated carbocycles. The molecule has 0 unspecified atom stereocenters. The second-order valence-corrected chi connectivity index (χ2v) is 5.11. The standard InChI is InChI=1S/C13H24ClN3/c1-5-11-13(14)12(17(6-2)16-11)9-15-8-7-10(3)4/h10,15H,5-9H2,1-4H3. The maximum absolute atomic E-state index is 6.33. The van der Waals surface area contributed by atoms with Crippen molar-refractivity contribution in [1.82, 2.24) is 15.1 Å². The van der Waals surface area contributed by atoms with Gasteiger partial charge in [-0.2, -0.15) is 5.10 Å². The van der Waals surface area contributed by atoms with Crippen LogP contribution in [0.15, 0.2) is 0 Å². The van der Waals surface area contributed by atoms with Crippen molar-refractivity contribution in [2.75, 3.05) is 6.54 Å². The molecule has 0 radical (unpaired) electrons.